The first kappa shape index (κ1) is 19.7. The van der Waals surface area contributed by atoms with Crippen LogP contribution in [0, 0.1) is 6.92 Å². The topological polar surface area (TPSA) is 111 Å². The Kier molecular flexibility index (Phi) is 5.55. The minimum Gasteiger partial charge on any atom is -0.486 e. The van der Waals surface area contributed by atoms with Crippen LogP contribution in [0.4, 0.5) is 10.5 Å². The molecular weight excluding hydrogens is 384 g/mol. The van der Waals surface area contributed by atoms with Crippen molar-refractivity contribution in [3.8, 4) is 11.5 Å². The molecule has 0 spiro atoms. The number of Topliss-reactive ketones (excluding diaryl/α,β-unsaturated/α-hetero) is 1. The first-order valence-corrected chi connectivity index (χ1v) is 10.2. The smallest absolute Gasteiger partial charge is 0.333 e. The molecule has 8 nitrogen and oxygen atoms in total. The van der Waals surface area contributed by atoms with Crippen LogP contribution in [0.25, 0.3) is 0 Å². The van der Waals surface area contributed by atoms with Gasteiger partial charge in [-0.25, -0.2) is 17.9 Å². The van der Waals surface area contributed by atoms with E-state index in [1.807, 2.05) is 11.6 Å². The molecule has 0 atom stereocenters. The molecule has 1 aliphatic rings. The van der Waals surface area contributed by atoms with Gasteiger partial charge in [0.1, 0.15) is 13.2 Å². The van der Waals surface area contributed by atoms with Crippen molar-refractivity contribution in [1.29, 1.82) is 0 Å². The zero-order valence-corrected chi connectivity index (χ0v) is 16.3. The van der Waals surface area contributed by atoms with Gasteiger partial charge in [-0.05, 0) is 25.1 Å². The predicted molar refractivity (Wildman–Crippen MR) is 103 cm³/mol. The van der Waals surface area contributed by atoms with Crippen molar-refractivity contribution in [2.45, 2.75) is 25.2 Å². The molecule has 3 rings (SSSR count). The summed E-state index contributed by atoms with van der Waals surface area (Å²) in [6.45, 7) is 4.20. The lowest BCUT2D eigenvalue weighted by molar-refractivity contribution is 0.0987. The van der Waals surface area contributed by atoms with Crippen LogP contribution in [0.1, 0.15) is 29.3 Å². The highest BCUT2D eigenvalue weighted by Crippen LogP contribution is 2.36. The van der Waals surface area contributed by atoms with E-state index in [1.165, 1.54) is 24.3 Å². The number of sulfonamides is 1. The van der Waals surface area contributed by atoms with E-state index in [9.17, 15) is 18.0 Å². The molecule has 28 heavy (non-hydrogen) atoms. The standard InChI is InChI=1S/C19H20N2O6S/c1-3-16(22)14-10-17-18(27-9-8-26-17)11-15(14)20-19(23)21-28(24,25)13-6-4-12(2)5-7-13/h4-7,10-11H,3,8-9H2,1-2H3,(H2,20,21,23). The Bertz CT molecular complexity index is 1020. The largest absolute Gasteiger partial charge is 0.486 e. The lowest BCUT2D eigenvalue weighted by Gasteiger charge is -2.21. The van der Waals surface area contributed by atoms with Gasteiger partial charge in [-0.1, -0.05) is 24.6 Å². The lowest BCUT2D eigenvalue weighted by Crippen LogP contribution is -2.34. The molecule has 0 bridgehead atoms. The minimum absolute atomic E-state index is 0.0414. The summed E-state index contributed by atoms with van der Waals surface area (Å²) < 4.78 is 37.6. The average Bonchev–Trinajstić information content (AvgIpc) is 2.66. The third-order valence-corrected chi connectivity index (χ3v) is 5.46. The number of anilines is 1. The fourth-order valence-corrected chi connectivity index (χ4v) is 3.57. The van der Waals surface area contributed by atoms with Crippen LogP contribution >= 0.6 is 0 Å². The fraction of sp³-hybridized carbons (Fsp3) is 0.263. The van der Waals surface area contributed by atoms with E-state index in [1.54, 1.807) is 19.1 Å². The molecule has 0 saturated heterocycles. The maximum atomic E-state index is 12.4. The normalized spacial score (nSPS) is 12.9. The van der Waals surface area contributed by atoms with Gasteiger partial charge in [-0.2, -0.15) is 0 Å². The van der Waals surface area contributed by atoms with Crippen LogP contribution in [0.15, 0.2) is 41.3 Å². The van der Waals surface area contributed by atoms with Crippen LogP contribution in [0.5, 0.6) is 11.5 Å². The van der Waals surface area contributed by atoms with Gasteiger partial charge >= 0.3 is 6.03 Å². The third kappa shape index (κ3) is 4.25. The molecule has 2 aromatic carbocycles. The van der Waals surface area contributed by atoms with Gasteiger partial charge in [0.15, 0.2) is 17.3 Å². The second kappa shape index (κ2) is 7.89. The molecule has 0 unspecified atom stereocenters. The number of benzene rings is 2. The summed E-state index contributed by atoms with van der Waals surface area (Å²) >= 11 is 0. The van der Waals surface area contributed by atoms with Crippen LogP contribution in [0.3, 0.4) is 0 Å². The van der Waals surface area contributed by atoms with Crippen LogP contribution in [0.2, 0.25) is 0 Å². The van der Waals surface area contributed by atoms with Crippen molar-refractivity contribution < 1.29 is 27.5 Å². The number of ketones is 1. The second-order valence-electron chi connectivity index (χ2n) is 6.19. The number of urea groups is 1. The Labute approximate surface area is 162 Å². The molecule has 0 fully saturated rings. The zero-order chi connectivity index (χ0) is 20.3. The van der Waals surface area contributed by atoms with Crippen LogP contribution in [-0.4, -0.2) is 33.4 Å². The van der Waals surface area contributed by atoms with Crippen LogP contribution < -0.4 is 19.5 Å². The quantitative estimate of drug-likeness (QED) is 0.742. The Balaban J connectivity index is 1.85. The van der Waals surface area contributed by atoms with Gasteiger partial charge in [0.25, 0.3) is 10.0 Å². The van der Waals surface area contributed by atoms with E-state index >= 15 is 0 Å². The van der Waals surface area contributed by atoms with Gasteiger partial charge in [-0.15, -0.1) is 0 Å². The fourth-order valence-electron chi connectivity index (χ4n) is 2.66. The summed E-state index contributed by atoms with van der Waals surface area (Å²) in [6, 6.07) is 8.03. The van der Waals surface area contributed by atoms with Crippen LogP contribution in [-0.2, 0) is 10.0 Å². The van der Waals surface area contributed by atoms with E-state index in [0.717, 1.165) is 5.56 Å². The number of carbonyl (C=O) groups excluding carboxylic acids is 2. The summed E-state index contributed by atoms with van der Waals surface area (Å²) in [4.78, 5) is 24.5. The van der Waals surface area contributed by atoms with Gasteiger partial charge < -0.3 is 14.8 Å². The van der Waals surface area contributed by atoms with Crippen molar-refractivity contribution >= 4 is 27.5 Å². The molecular formula is C19H20N2O6S. The van der Waals surface area contributed by atoms with Crippen molar-refractivity contribution in [3.63, 3.8) is 0 Å². The van der Waals surface area contributed by atoms with Gasteiger partial charge in [-0.3, -0.25) is 4.79 Å². The number of hydrogen-bond acceptors (Lipinski definition) is 6. The SMILES string of the molecule is CCC(=O)c1cc2c(cc1NC(=O)NS(=O)(=O)c1ccc(C)cc1)OCCO2. The number of rotatable bonds is 5. The first-order valence-electron chi connectivity index (χ1n) is 8.67. The number of hydrogen-bond donors (Lipinski definition) is 2. The third-order valence-electron chi connectivity index (χ3n) is 4.11. The Morgan fingerprint density at radius 3 is 2.25 bits per heavy atom. The highest BCUT2D eigenvalue weighted by molar-refractivity contribution is 7.90. The summed E-state index contributed by atoms with van der Waals surface area (Å²) in [7, 11) is -4.06. The van der Waals surface area contributed by atoms with E-state index < -0.39 is 16.1 Å². The van der Waals surface area contributed by atoms with Gasteiger partial charge in [0.05, 0.1) is 10.6 Å². The molecule has 2 amide bonds. The maximum Gasteiger partial charge on any atom is 0.333 e. The van der Waals surface area contributed by atoms with Gasteiger partial charge in [0.2, 0.25) is 0 Å². The molecule has 0 radical (unpaired) electrons. The molecule has 1 heterocycles. The molecule has 9 heteroatoms. The van der Waals surface area contributed by atoms with E-state index in [0.29, 0.717) is 24.7 Å². The highest BCUT2D eigenvalue weighted by Gasteiger charge is 2.22. The van der Waals surface area contributed by atoms with E-state index in [4.69, 9.17) is 9.47 Å². The number of amides is 2. The van der Waals surface area contributed by atoms with Crippen molar-refractivity contribution in [2.24, 2.45) is 0 Å². The van der Waals surface area contributed by atoms with E-state index in [2.05, 4.69) is 5.32 Å². The summed E-state index contributed by atoms with van der Waals surface area (Å²) in [5.74, 6) is 0.547. The molecule has 2 aromatic rings. The predicted octanol–water partition coefficient (Wildman–Crippen LogP) is 2.87. The summed E-state index contributed by atoms with van der Waals surface area (Å²) in [5.41, 5.74) is 1.25. The molecule has 0 aliphatic carbocycles. The number of fused-ring (bicyclic) bond motifs is 1. The second-order valence-corrected chi connectivity index (χ2v) is 7.87. The molecule has 0 aromatic heterocycles. The Morgan fingerprint density at radius 2 is 1.64 bits per heavy atom. The van der Waals surface area contributed by atoms with Gasteiger partial charge in [0, 0.05) is 18.1 Å². The molecule has 148 valence electrons. The number of ether oxygens (including phenoxy) is 2. The summed E-state index contributed by atoms with van der Waals surface area (Å²) in [5, 5.41) is 2.43. The van der Waals surface area contributed by atoms with Crippen molar-refractivity contribution in [2.75, 3.05) is 18.5 Å². The minimum atomic E-state index is -4.06. The molecule has 1 aliphatic heterocycles. The Hall–Kier alpha value is -3.07. The number of carbonyl (C=O) groups is 2. The number of nitrogens with one attached hydrogen (secondary N) is 2. The molecule has 0 saturated carbocycles. The zero-order valence-electron chi connectivity index (χ0n) is 15.4. The highest BCUT2D eigenvalue weighted by atomic mass is 32.2. The first-order chi connectivity index (χ1) is 13.3. The Morgan fingerprint density at radius 1 is 1.04 bits per heavy atom. The van der Waals surface area contributed by atoms with E-state index in [-0.39, 0.29) is 28.4 Å². The van der Waals surface area contributed by atoms with Crippen molar-refractivity contribution in [1.82, 2.24) is 4.72 Å². The number of aryl methyl sites for hydroxylation is 1. The average molecular weight is 404 g/mol. The monoisotopic (exact) mass is 404 g/mol. The maximum absolute atomic E-state index is 12.4. The van der Waals surface area contributed by atoms with Crippen molar-refractivity contribution in [3.05, 3.63) is 47.5 Å². The molecule has 2 N–H and O–H groups in total. The lowest BCUT2D eigenvalue weighted by atomic mass is 10.1. The summed E-state index contributed by atoms with van der Waals surface area (Å²) in [6.07, 6.45) is 0.206.